The summed E-state index contributed by atoms with van der Waals surface area (Å²) in [4.78, 5) is 20.8. The normalized spacial score (nSPS) is 10.4. The van der Waals surface area contributed by atoms with Crippen molar-refractivity contribution in [3.05, 3.63) is 78.1 Å². The summed E-state index contributed by atoms with van der Waals surface area (Å²) in [5.41, 5.74) is 15.6. The molecule has 1 aromatic heterocycles. The molecular formula is C18H19N7O. The predicted octanol–water partition coefficient (Wildman–Crippen LogP) is 1.62. The average molecular weight is 349 g/mol. The first-order valence-corrected chi connectivity index (χ1v) is 7.93. The van der Waals surface area contributed by atoms with Crippen molar-refractivity contribution in [1.29, 1.82) is 0 Å². The van der Waals surface area contributed by atoms with Crippen LogP contribution in [-0.2, 0) is 4.79 Å². The number of nitrogens with zero attached hydrogens (tertiary/aromatic N) is 2. The number of nitrogens with one attached hydrogen (secondary N) is 3. The highest BCUT2D eigenvalue weighted by Gasteiger charge is 2.22. The van der Waals surface area contributed by atoms with Crippen LogP contribution in [0, 0.1) is 0 Å². The Kier molecular flexibility index (Phi) is 5.25. The number of nitrogen functional groups attached to an aromatic ring is 2. The molecule has 8 heteroatoms. The van der Waals surface area contributed by atoms with Gasteiger partial charge in [0, 0.05) is 0 Å². The van der Waals surface area contributed by atoms with Crippen molar-refractivity contribution in [3.8, 4) is 0 Å². The highest BCUT2D eigenvalue weighted by molar-refractivity contribution is 5.88. The van der Waals surface area contributed by atoms with Gasteiger partial charge in [0.2, 0.25) is 5.91 Å². The topological polar surface area (TPSA) is 131 Å². The molecule has 0 atom stereocenters. The number of carbonyl (C=O) groups excluding carboxylic acids is 1. The number of anilines is 3. The number of hydrazine groups is 2. The molecule has 0 spiro atoms. The van der Waals surface area contributed by atoms with Crippen LogP contribution in [0.1, 0.15) is 17.0 Å². The average Bonchev–Trinajstić information content (AvgIpc) is 2.69. The third-order valence-corrected chi connectivity index (χ3v) is 3.85. The van der Waals surface area contributed by atoms with E-state index in [4.69, 9.17) is 11.6 Å². The Morgan fingerprint density at radius 2 is 1.42 bits per heavy atom. The Hall–Kier alpha value is -3.65. The summed E-state index contributed by atoms with van der Waals surface area (Å²) in [6.07, 6.45) is 1.28. The Labute approximate surface area is 150 Å². The van der Waals surface area contributed by atoms with Gasteiger partial charge in [0.1, 0.15) is 12.0 Å². The summed E-state index contributed by atoms with van der Waals surface area (Å²) in [5, 5.41) is 0. The zero-order valence-electron chi connectivity index (χ0n) is 13.9. The molecule has 7 N–H and O–H groups in total. The van der Waals surface area contributed by atoms with Gasteiger partial charge in [-0.15, -0.1) is 0 Å². The molecule has 0 aliphatic heterocycles. The van der Waals surface area contributed by atoms with Crippen molar-refractivity contribution >= 4 is 23.2 Å². The first-order chi connectivity index (χ1) is 12.7. The molecule has 8 nitrogen and oxygen atoms in total. The van der Waals surface area contributed by atoms with Crippen molar-refractivity contribution in [2.24, 2.45) is 5.84 Å². The lowest BCUT2D eigenvalue weighted by Crippen LogP contribution is -2.35. The van der Waals surface area contributed by atoms with E-state index in [0.717, 1.165) is 11.1 Å². The van der Waals surface area contributed by atoms with Crippen LogP contribution in [0.25, 0.3) is 0 Å². The molecule has 132 valence electrons. The van der Waals surface area contributed by atoms with Gasteiger partial charge in [0.05, 0.1) is 5.92 Å². The van der Waals surface area contributed by atoms with Gasteiger partial charge < -0.3 is 11.2 Å². The largest absolute Gasteiger partial charge is 0.393 e. The minimum absolute atomic E-state index is 0.200. The fourth-order valence-corrected chi connectivity index (χ4v) is 2.59. The van der Waals surface area contributed by atoms with Crippen LogP contribution in [-0.4, -0.2) is 15.9 Å². The number of aromatic nitrogens is 2. The molecule has 0 aliphatic rings. The highest BCUT2D eigenvalue weighted by Crippen LogP contribution is 2.25. The fourth-order valence-electron chi connectivity index (χ4n) is 2.59. The van der Waals surface area contributed by atoms with Crippen molar-refractivity contribution in [2.45, 2.75) is 5.92 Å². The Bertz CT molecular complexity index is 832. The Balaban J connectivity index is 1.83. The molecule has 3 aromatic rings. The second-order valence-electron chi connectivity index (χ2n) is 5.50. The zero-order chi connectivity index (χ0) is 18.4. The van der Waals surface area contributed by atoms with Gasteiger partial charge in [0.25, 0.3) is 0 Å². The number of amides is 1. The van der Waals surface area contributed by atoms with Gasteiger partial charge in [-0.25, -0.2) is 15.8 Å². The minimum Gasteiger partial charge on any atom is -0.393 e. The molecule has 0 saturated heterocycles. The lowest BCUT2D eigenvalue weighted by Gasteiger charge is -2.19. The number of hydrogen-bond acceptors (Lipinski definition) is 7. The summed E-state index contributed by atoms with van der Waals surface area (Å²) in [7, 11) is 0. The lowest BCUT2D eigenvalue weighted by atomic mass is 9.91. The van der Waals surface area contributed by atoms with E-state index >= 15 is 0 Å². The van der Waals surface area contributed by atoms with Crippen molar-refractivity contribution in [3.63, 3.8) is 0 Å². The number of nitrogens with two attached hydrogens (primary N) is 2. The second kappa shape index (κ2) is 7.95. The van der Waals surface area contributed by atoms with Crippen LogP contribution >= 0.6 is 0 Å². The summed E-state index contributed by atoms with van der Waals surface area (Å²) < 4.78 is 0. The molecule has 0 bridgehead atoms. The molecule has 1 amide bonds. The third kappa shape index (κ3) is 3.70. The van der Waals surface area contributed by atoms with Crippen molar-refractivity contribution in [1.82, 2.24) is 15.4 Å². The smallest absolute Gasteiger partial charge is 0.250 e. The van der Waals surface area contributed by atoms with E-state index in [0.29, 0.717) is 0 Å². The van der Waals surface area contributed by atoms with Gasteiger partial charge in [-0.2, -0.15) is 0 Å². The molecule has 0 radical (unpaired) electrons. The van der Waals surface area contributed by atoms with Crippen LogP contribution in [0.15, 0.2) is 67.0 Å². The van der Waals surface area contributed by atoms with E-state index in [1.165, 1.54) is 6.33 Å². The van der Waals surface area contributed by atoms with Crippen molar-refractivity contribution < 1.29 is 4.79 Å². The summed E-state index contributed by atoms with van der Waals surface area (Å²) in [5.74, 6) is 5.12. The SMILES string of the molecule is NNc1ncnc(NNC(=O)C(c2ccccc2)c2ccccc2)c1N. The van der Waals surface area contributed by atoms with Crippen LogP contribution in [0.5, 0.6) is 0 Å². The quantitative estimate of drug-likeness (QED) is 0.337. The first-order valence-electron chi connectivity index (χ1n) is 7.93. The molecular weight excluding hydrogens is 330 g/mol. The van der Waals surface area contributed by atoms with Crippen LogP contribution in [0.3, 0.4) is 0 Å². The van der Waals surface area contributed by atoms with Gasteiger partial charge >= 0.3 is 0 Å². The fraction of sp³-hybridized carbons (Fsp3) is 0.0556. The van der Waals surface area contributed by atoms with Crippen LogP contribution < -0.4 is 27.9 Å². The summed E-state index contributed by atoms with van der Waals surface area (Å²) in [6.45, 7) is 0. The van der Waals surface area contributed by atoms with Crippen LogP contribution in [0.2, 0.25) is 0 Å². The Morgan fingerprint density at radius 3 is 1.96 bits per heavy atom. The number of hydrogen-bond donors (Lipinski definition) is 5. The number of benzene rings is 2. The number of rotatable bonds is 6. The maximum absolute atomic E-state index is 12.9. The van der Waals surface area contributed by atoms with E-state index in [2.05, 4.69) is 26.2 Å². The van der Waals surface area contributed by atoms with E-state index in [1.54, 1.807) is 0 Å². The maximum atomic E-state index is 12.9. The molecule has 2 aromatic carbocycles. The predicted molar refractivity (Wildman–Crippen MR) is 101 cm³/mol. The van der Waals surface area contributed by atoms with E-state index in [1.807, 2.05) is 60.7 Å². The molecule has 0 aliphatic carbocycles. The van der Waals surface area contributed by atoms with E-state index in [9.17, 15) is 4.79 Å². The molecule has 1 heterocycles. The highest BCUT2D eigenvalue weighted by atomic mass is 16.2. The molecule has 0 unspecified atom stereocenters. The minimum atomic E-state index is -0.486. The monoisotopic (exact) mass is 349 g/mol. The third-order valence-electron chi connectivity index (χ3n) is 3.85. The van der Waals surface area contributed by atoms with Gasteiger partial charge in [0.15, 0.2) is 11.6 Å². The summed E-state index contributed by atoms with van der Waals surface area (Å²) >= 11 is 0. The Morgan fingerprint density at radius 1 is 0.885 bits per heavy atom. The lowest BCUT2D eigenvalue weighted by molar-refractivity contribution is -0.121. The standard InChI is InChI=1S/C18H19N7O/c19-15-16(23-20)21-11-22-17(15)24-25-18(26)14(12-7-3-1-4-8-12)13-9-5-2-6-10-13/h1-11,14H,19-20H2,(H,25,26)(H2,21,22,23,24). The van der Waals surface area contributed by atoms with Gasteiger partial charge in [-0.1, -0.05) is 60.7 Å². The first kappa shape index (κ1) is 17.2. The second-order valence-corrected chi connectivity index (χ2v) is 5.50. The number of carbonyl (C=O) groups is 1. The van der Waals surface area contributed by atoms with Crippen molar-refractivity contribution in [2.75, 3.05) is 16.6 Å². The van der Waals surface area contributed by atoms with Gasteiger partial charge in [-0.05, 0) is 11.1 Å². The summed E-state index contributed by atoms with van der Waals surface area (Å²) in [6, 6.07) is 19.0. The van der Waals surface area contributed by atoms with E-state index in [-0.39, 0.29) is 23.2 Å². The van der Waals surface area contributed by atoms with E-state index < -0.39 is 5.92 Å². The molecule has 0 fully saturated rings. The zero-order valence-corrected chi connectivity index (χ0v) is 13.9. The molecule has 0 saturated carbocycles. The van der Waals surface area contributed by atoms with Gasteiger partial charge in [-0.3, -0.25) is 15.6 Å². The maximum Gasteiger partial charge on any atom is 0.250 e. The van der Waals surface area contributed by atoms with Crippen LogP contribution in [0.4, 0.5) is 17.3 Å². The molecule has 26 heavy (non-hydrogen) atoms. The molecule has 3 rings (SSSR count).